The molecule has 0 aromatic rings. The van der Waals surface area contributed by atoms with E-state index in [2.05, 4.69) is 11.9 Å². The molecular formula is C9H19ClN2. The fourth-order valence-corrected chi connectivity index (χ4v) is 1.63. The van der Waals surface area contributed by atoms with Gasteiger partial charge in [0.15, 0.2) is 0 Å². The van der Waals surface area contributed by atoms with E-state index in [1.165, 1.54) is 32.1 Å². The van der Waals surface area contributed by atoms with Crippen molar-refractivity contribution in [2.45, 2.75) is 39.0 Å². The van der Waals surface area contributed by atoms with E-state index in [4.69, 9.17) is 5.73 Å². The third-order valence-electron chi connectivity index (χ3n) is 2.31. The molecule has 0 saturated carbocycles. The summed E-state index contributed by atoms with van der Waals surface area (Å²) in [5.74, 6) is 1.49. The Bertz CT molecular complexity index is 145. The number of rotatable bonds is 2. The number of hydrogen-bond acceptors (Lipinski definition) is 2. The molecule has 0 fully saturated rings. The first-order chi connectivity index (χ1) is 5.34. The molecular weight excluding hydrogens is 172 g/mol. The maximum Gasteiger partial charge on any atom is 0.0968 e. The summed E-state index contributed by atoms with van der Waals surface area (Å²) >= 11 is 0. The molecule has 1 aliphatic heterocycles. The summed E-state index contributed by atoms with van der Waals surface area (Å²) in [4.78, 5) is 4.32. The maximum atomic E-state index is 5.82. The van der Waals surface area contributed by atoms with Crippen LogP contribution in [0, 0.1) is 5.92 Å². The van der Waals surface area contributed by atoms with E-state index < -0.39 is 0 Å². The van der Waals surface area contributed by atoms with Crippen LogP contribution >= 0.6 is 12.4 Å². The summed E-state index contributed by atoms with van der Waals surface area (Å²) in [6.07, 6.45) is 6.22. The first kappa shape index (κ1) is 11.8. The number of hydrogen-bond donors (Lipinski definition) is 1. The zero-order valence-corrected chi connectivity index (χ0v) is 8.57. The van der Waals surface area contributed by atoms with Crippen molar-refractivity contribution in [2.24, 2.45) is 16.6 Å². The van der Waals surface area contributed by atoms with Crippen LogP contribution in [-0.4, -0.2) is 12.4 Å². The molecule has 1 aliphatic rings. The van der Waals surface area contributed by atoms with Gasteiger partial charge in [-0.25, -0.2) is 0 Å². The Balaban J connectivity index is 0.00000121. The van der Waals surface area contributed by atoms with Crippen LogP contribution in [0.25, 0.3) is 0 Å². The minimum atomic E-state index is 0. The Hall–Kier alpha value is -0.240. The molecule has 3 heteroatoms. The topological polar surface area (TPSA) is 38.4 Å². The largest absolute Gasteiger partial charge is 0.387 e. The van der Waals surface area contributed by atoms with Crippen LogP contribution in [0.4, 0.5) is 0 Å². The Labute approximate surface area is 81.0 Å². The molecule has 72 valence electrons. The summed E-state index contributed by atoms with van der Waals surface area (Å²) in [6.45, 7) is 3.16. The zero-order valence-electron chi connectivity index (χ0n) is 7.75. The average molecular weight is 191 g/mol. The molecule has 0 spiro atoms. The van der Waals surface area contributed by atoms with Crippen molar-refractivity contribution in [3.8, 4) is 0 Å². The van der Waals surface area contributed by atoms with E-state index in [9.17, 15) is 0 Å². The highest BCUT2D eigenvalue weighted by Gasteiger charge is 2.13. The number of amidine groups is 1. The molecule has 0 radical (unpaired) electrons. The minimum absolute atomic E-state index is 0. The third-order valence-corrected chi connectivity index (χ3v) is 2.31. The first-order valence-electron chi connectivity index (χ1n) is 4.64. The van der Waals surface area contributed by atoms with Gasteiger partial charge in [-0.05, 0) is 19.3 Å². The smallest absolute Gasteiger partial charge is 0.0968 e. The molecule has 1 rings (SSSR count). The van der Waals surface area contributed by atoms with Crippen molar-refractivity contribution in [1.82, 2.24) is 0 Å². The lowest BCUT2D eigenvalue weighted by atomic mass is 9.97. The van der Waals surface area contributed by atoms with Gasteiger partial charge >= 0.3 is 0 Å². The zero-order chi connectivity index (χ0) is 8.10. The molecule has 12 heavy (non-hydrogen) atoms. The van der Waals surface area contributed by atoms with Crippen LogP contribution in [0.1, 0.15) is 39.0 Å². The van der Waals surface area contributed by atoms with Crippen molar-refractivity contribution in [3.05, 3.63) is 0 Å². The van der Waals surface area contributed by atoms with Gasteiger partial charge < -0.3 is 5.73 Å². The standard InChI is InChI=1S/C9H18N2.ClH/c1-2-5-8-6-3-4-7-11-9(8)10;/h8H,2-7H2,1H3,(H2,10,11);1H. The number of aliphatic imine (C=N–C) groups is 1. The Morgan fingerprint density at radius 3 is 2.92 bits per heavy atom. The number of nitrogens with zero attached hydrogens (tertiary/aromatic N) is 1. The molecule has 2 nitrogen and oxygen atoms in total. The van der Waals surface area contributed by atoms with Gasteiger partial charge in [-0.1, -0.05) is 19.8 Å². The Kier molecular flexibility index (Phi) is 6.17. The second kappa shape index (κ2) is 6.30. The van der Waals surface area contributed by atoms with Gasteiger partial charge in [0.2, 0.25) is 0 Å². The molecule has 2 N–H and O–H groups in total. The second-order valence-electron chi connectivity index (χ2n) is 3.29. The summed E-state index contributed by atoms with van der Waals surface area (Å²) < 4.78 is 0. The van der Waals surface area contributed by atoms with Gasteiger partial charge in [0.1, 0.15) is 0 Å². The van der Waals surface area contributed by atoms with Crippen molar-refractivity contribution in [3.63, 3.8) is 0 Å². The van der Waals surface area contributed by atoms with Crippen molar-refractivity contribution < 1.29 is 0 Å². The normalized spacial score (nSPS) is 23.8. The lowest BCUT2D eigenvalue weighted by molar-refractivity contribution is 0.545. The highest BCUT2D eigenvalue weighted by Crippen LogP contribution is 2.17. The van der Waals surface area contributed by atoms with Crippen molar-refractivity contribution >= 4 is 18.2 Å². The number of halogens is 1. The lowest BCUT2D eigenvalue weighted by Crippen LogP contribution is -2.22. The van der Waals surface area contributed by atoms with Gasteiger partial charge in [0, 0.05) is 12.5 Å². The quantitative estimate of drug-likeness (QED) is 0.714. The Morgan fingerprint density at radius 1 is 1.50 bits per heavy atom. The summed E-state index contributed by atoms with van der Waals surface area (Å²) in [7, 11) is 0. The molecule has 0 aromatic heterocycles. The Morgan fingerprint density at radius 2 is 2.25 bits per heavy atom. The molecule has 1 heterocycles. The van der Waals surface area contributed by atoms with Crippen molar-refractivity contribution in [1.29, 1.82) is 0 Å². The SMILES string of the molecule is CCCC1CCCCN=C1N.Cl. The van der Waals surface area contributed by atoms with Crippen LogP contribution < -0.4 is 5.73 Å². The van der Waals surface area contributed by atoms with Crippen LogP contribution in [0.15, 0.2) is 4.99 Å². The van der Waals surface area contributed by atoms with Crippen molar-refractivity contribution in [2.75, 3.05) is 6.54 Å². The van der Waals surface area contributed by atoms with Gasteiger partial charge in [-0.15, -0.1) is 12.4 Å². The monoisotopic (exact) mass is 190 g/mol. The lowest BCUT2D eigenvalue weighted by Gasteiger charge is -2.11. The van der Waals surface area contributed by atoms with E-state index in [-0.39, 0.29) is 12.4 Å². The van der Waals surface area contributed by atoms with Gasteiger partial charge in [0.25, 0.3) is 0 Å². The fraction of sp³-hybridized carbons (Fsp3) is 0.889. The van der Waals surface area contributed by atoms with Crippen LogP contribution in [0.5, 0.6) is 0 Å². The van der Waals surface area contributed by atoms with E-state index in [0.717, 1.165) is 12.4 Å². The van der Waals surface area contributed by atoms with Gasteiger partial charge in [-0.3, -0.25) is 4.99 Å². The summed E-state index contributed by atoms with van der Waals surface area (Å²) in [5.41, 5.74) is 5.82. The van der Waals surface area contributed by atoms with Crippen LogP contribution in [0.3, 0.4) is 0 Å². The summed E-state index contributed by atoms with van der Waals surface area (Å²) in [5, 5.41) is 0. The summed E-state index contributed by atoms with van der Waals surface area (Å²) in [6, 6.07) is 0. The minimum Gasteiger partial charge on any atom is -0.387 e. The van der Waals surface area contributed by atoms with E-state index >= 15 is 0 Å². The van der Waals surface area contributed by atoms with E-state index in [0.29, 0.717) is 5.92 Å². The maximum absolute atomic E-state index is 5.82. The molecule has 1 unspecified atom stereocenters. The third kappa shape index (κ3) is 3.44. The molecule has 1 atom stereocenters. The fourth-order valence-electron chi connectivity index (χ4n) is 1.63. The highest BCUT2D eigenvalue weighted by molar-refractivity contribution is 5.85. The first-order valence-corrected chi connectivity index (χ1v) is 4.64. The van der Waals surface area contributed by atoms with E-state index in [1.807, 2.05) is 0 Å². The van der Waals surface area contributed by atoms with Crippen LogP contribution in [-0.2, 0) is 0 Å². The second-order valence-corrected chi connectivity index (χ2v) is 3.29. The predicted octanol–water partition coefficient (Wildman–Crippen LogP) is 2.37. The molecule has 0 aromatic carbocycles. The average Bonchev–Trinajstić information content (AvgIpc) is 2.18. The van der Waals surface area contributed by atoms with Gasteiger partial charge in [-0.2, -0.15) is 0 Å². The van der Waals surface area contributed by atoms with E-state index in [1.54, 1.807) is 0 Å². The molecule has 0 aliphatic carbocycles. The highest BCUT2D eigenvalue weighted by atomic mass is 35.5. The predicted molar refractivity (Wildman–Crippen MR) is 56.0 cm³/mol. The van der Waals surface area contributed by atoms with Crippen LogP contribution in [0.2, 0.25) is 0 Å². The van der Waals surface area contributed by atoms with Gasteiger partial charge in [0.05, 0.1) is 5.84 Å². The molecule has 0 amide bonds. The molecule has 0 bridgehead atoms. The number of nitrogens with two attached hydrogens (primary N) is 1. The molecule has 0 saturated heterocycles.